The average Bonchev–Trinajstić information content (AvgIpc) is 2.81. The van der Waals surface area contributed by atoms with E-state index in [0.29, 0.717) is 31.6 Å². The van der Waals surface area contributed by atoms with Gasteiger partial charge in [-0.3, -0.25) is 4.79 Å². The molecule has 4 fully saturated rings. The van der Waals surface area contributed by atoms with Crippen molar-refractivity contribution in [1.82, 2.24) is 0 Å². The lowest BCUT2D eigenvalue weighted by molar-refractivity contribution is -0.286. The van der Waals surface area contributed by atoms with Crippen molar-refractivity contribution in [1.29, 1.82) is 0 Å². The molecule has 0 heterocycles. The predicted octanol–water partition coefficient (Wildman–Crippen LogP) is 4.00. The van der Waals surface area contributed by atoms with Crippen LogP contribution < -0.4 is 0 Å². The zero-order valence-corrected chi connectivity index (χ0v) is 23.0. The molecule has 5 N–H and O–H groups in total. The first-order valence-electron chi connectivity index (χ1n) is 14.2. The summed E-state index contributed by atoms with van der Waals surface area (Å²) >= 11 is 0. The van der Waals surface area contributed by atoms with Crippen LogP contribution in [0, 0.1) is 56.7 Å². The molecule has 0 radical (unpaired) electrons. The van der Waals surface area contributed by atoms with Gasteiger partial charge in [0.1, 0.15) is 0 Å². The number of hydrogen-bond acceptors (Lipinski definition) is 5. The minimum absolute atomic E-state index is 0.0289. The monoisotopic (exact) mass is 504 g/mol. The van der Waals surface area contributed by atoms with Crippen molar-refractivity contribution < 1.29 is 30.3 Å². The predicted molar refractivity (Wildman–Crippen MR) is 137 cm³/mol. The number of fused-ring (bicyclic) bond motifs is 7. The van der Waals surface area contributed by atoms with Crippen LogP contribution in [0.15, 0.2) is 12.2 Å². The van der Waals surface area contributed by atoms with Crippen LogP contribution in [-0.2, 0) is 4.79 Å². The van der Waals surface area contributed by atoms with Crippen molar-refractivity contribution >= 4 is 5.97 Å². The molecule has 0 aromatic heterocycles. The van der Waals surface area contributed by atoms with E-state index < -0.39 is 40.0 Å². The lowest BCUT2D eigenvalue weighted by Crippen LogP contribution is -2.74. The summed E-state index contributed by atoms with van der Waals surface area (Å²) in [6.45, 7) is 12.7. The van der Waals surface area contributed by atoms with Crippen LogP contribution in [0.3, 0.4) is 0 Å². The Bertz CT molecular complexity index is 965. The van der Waals surface area contributed by atoms with Gasteiger partial charge < -0.3 is 25.5 Å². The highest BCUT2D eigenvalue weighted by Crippen LogP contribution is 2.76. The Balaban J connectivity index is 1.67. The second-order valence-corrected chi connectivity index (χ2v) is 14.7. The number of carboxylic acids is 1. The van der Waals surface area contributed by atoms with Gasteiger partial charge in [-0.25, -0.2) is 0 Å². The summed E-state index contributed by atoms with van der Waals surface area (Å²) in [7, 11) is 0. The molecule has 0 amide bonds. The van der Waals surface area contributed by atoms with E-state index in [1.807, 2.05) is 13.0 Å². The minimum atomic E-state index is -1.24. The maximum absolute atomic E-state index is 12.8. The fourth-order valence-electron chi connectivity index (χ4n) is 11.2. The van der Waals surface area contributed by atoms with Crippen LogP contribution in [0.4, 0.5) is 0 Å². The molecule has 0 aliphatic heterocycles. The normalized spacial score (nSPS) is 60.3. The molecule has 5 aliphatic rings. The van der Waals surface area contributed by atoms with Gasteiger partial charge in [0.2, 0.25) is 0 Å². The molecule has 4 saturated carbocycles. The average molecular weight is 505 g/mol. The summed E-state index contributed by atoms with van der Waals surface area (Å²) in [5.41, 5.74) is -4.15. The maximum Gasteiger partial charge on any atom is 0.310 e. The van der Waals surface area contributed by atoms with E-state index in [1.54, 1.807) is 0 Å². The van der Waals surface area contributed by atoms with Gasteiger partial charge in [0.05, 0.1) is 29.8 Å². The number of carboxylic acid groups (broad SMARTS) is 1. The first kappa shape index (κ1) is 26.6. The van der Waals surface area contributed by atoms with Gasteiger partial charge in [-0.1, -0.05) is 53.7 Å². The summed E-state index contributed by atoms with van der Waals surface area (Å²) in [6.07, 6.45) is 7.02. The standard InChI is InChI=1S/C30H48O6/c1-17-7-11-29(24(34)35)14-13-28(6)27(5)10-8-20-25(3,15-19(32)23(33)26(20,4)16-31)21(27)9-12-30(28,36)22(29)18(17)2/h9,12,17-23,31-33,36H,7-8,10-11,13-16H2,1-6H3,(H,34,35)/t17-,18+,19-,20?,21?,22?,23+,25+,26+,27-,28+,29+,30+/m1/s1. The van der Waals surface area contributed by atoms with Crippen molar-refractivity contribution in [3.8, 4) is 0 Å². The second kappa shape index (κ2) is 7.80. The van der Waals surface area contributed by atoms with Gasteiger partial charge in [0.25, 0.3) is 0 Å². The van der Waals surface area contributed by atoms with Crippen LogP contribution in [0.5, 0.6) is 0 Å². The maximum atomic E-state index is 12.8. The van der Waals surface area contributed by atoms with Crippen LogP contribution >= 0.6 is 0 Å². The summed E-state index contributed by atoms with van der Waals surface area (Å²) in [6, 6.07) is 0. The SMILES string of the molecule is C[C@@H]1CC[C@]2(C(=O)O)CC[C@]3(C)[C@](O)(C=CC4[C@@]5(C)C[C@@H](O)[C@H](O)[C@@](C)(CO)C5CC[C@]43C)C2[C@H]1C. The molecule has 6 heteroatoms. The third-order valence-electron chi connectivity index (χ3n) is 13.7. The van der Waals surface area contributed by atoms with E-state index in [2.05, 4.69) is 40.7 Å². The molecule has 0 bridgehead atoms. The minimum Gasteiger partial charge on any atom is -0.481 e. The lowest BCUT2D eigenvalue weighted by Gasteiger charge is -2.74. The zero-order chi connectivity index (χ0) is 26.7. The highest BCUT2D eigenvalue weighted by Gasteiger charge is 2.75. The van der Waals surface area contributed by atoms with E-state index in [-0.39, 0.29) is 41.1 Å². The Labute approximate surface area is 216 Å². The van der Waals surface area contributed by atoms with Crippen molar-refractivity contribution in [2.24, 2.45) is 56.7 Å². The molecule has 0 aromatic rings. The highest BCUT2D eigenvalue weighted by molar-refractivity contribution is 5.76. The first-order valence-corrected chi connectivity index (χ1v) is 14.2. The molecule has 0 spiro atoms. The van der Waals surface area contributed by atoms with Crippen molar-refractivity contribution in [3.05, 3.63) is 12.2 Å². The number of hydrogen-bond donors (Lipinski definition) is 5. The zero-order valence-electron chi connectivity index (χ0n) is 23.0. The van der Waals surface area contributed by atoms with Crippen LogP contribution in [0.25, 0.3) is 0 Å². The van der Waals surface area contributed by atoms with Gasteiger partial charge in [-0.2, -0.15) is 0 Å². The Morgan fingerprint density at radius 1 is 1.00 bits per heavy atom. The summed E-state index contributed by atoms with van der Waals surface area (Å²) in [5.74, 6) is -0.619. The van der Waals surface area contributed by atoms with Crippen molar-refractivity contribution in [2.45, 2.75) is 104 Å². The summed E-state index contributed by atoms with van der Waals surface area (Å²) in [5, 5.41) is 55.7. The molecule has 3 unspecified atom stereocenters. The lowest BCUT2D eigenvalue weighted by atomic mass is 9.31. The quantitative estimate of drug-likeness (QED) is 0.363. The number of aliphatic hydroxyl groups is 4. The molecular weight excluding hydrogens is 456 g/mol. The molecule has 0 aromatic carbocycles. The summed E-state index contributed by atoms with van der Waals surface area (Å²) in [4.78, 5) is 12.8. The van der Waals surface area contributed by atoms with E-state index in [0.717, 1.165) is 19.3 Å². The molecule has 5 rings (SSSR count). The van der Waals surface area contributed by atoms with Crippen LogP contribution in [0.2, 0.25) is 0 Å². The molecule has 204 valence electrons. The molecule has 6 nitrogen and oxygen atoms in total. The number of aliphatic hydroxyl groups excluding tert-OH is 3. The van der Waals surface area contributed by atoms with Gasteiger partial charge in [0.15, 0.2) is 0 Å². The fourth-order valence-corrected chi connectivity index (χ4v) is 11.2. The summed E-state index contributed by atoms with van der Waals surface area (Å²) < 4.78 is 0. The largest absolute Gasteiger partial charge is 0.481 e. The number of allylic oxidation sites excluding steroid dienone is 1. The fraction of sp³-hybridized carbons (Fsp3) is 0.900. The smallest absolute Gasteiger partial charge is 0.310 e. The van der Waals surface area contributed by atoms with E-state index >= 15 is 0 Å². The van der Waals surface area contributed by atoms with E-state index in [4.69, 9.17) is 0 Å². The highest BCUT2D eigenvalue weighted by atomic mass is 16.4. The Morgan fingerprint density at radius 2 is 1.67 bits per heavy atom. The van der Waals surface area contributed by atoms with Crippen molar-refractivity contribution in [3.63, 3.8) is 0 Å². The van der Waals surface area contributed by atoms with E-state index in [9.17, 15) is 30.3 Å². The third kappa shape index (κ3) is 2.80. The van der Waals surface area contributed by atoms with Crippen molar-refractivity contribution in [2.75, 3.05) is 6.61 Å². The molecule has 36 heavy (non-hydrogen) atoms. The van der Waals surface area contributed by atoms with E-state index in [1.165, 1.54) is 0 Å². The molecular formula is C30H48O6. The van der Waals surface area contributed by atoms with Gasteiger partial charge in [-0.15, -0.1) is 0 Å². The third-order valence-corrected chi connectivity index (χ3v) is 13.7. The Hall–Kier alpha value is -0.950. The number of carbonyl (C=O) groups is 1. The first-order chi connectivity index (χ1) is 16.6. The van der Waals surface area contributed by atoms with Crippen LogP contribution in [-0.4, -0.2) is 55.9 Å². The van der Waals surface area contributed by atoms with Gasteiger partial charge in [0, 0.05) is 16.7 Å². The Morgan fingerprint density at radius 3 is 2.28 bits per heavy atom. The molecule has 0 saturated heterocycles. The molecule has 5 aliphatic carbocycles. The molecule has 13 atom stereocenters. The van der Waals surface area contributed by atoms with Gasteiger partial charge in [-0.05, 0) is 79.4 Å². The van der Waals surface area contributed by atoms with Crippen LogP contribution in [0.1, 0.15) is 86.5 Å². The van der Waals surface area contributed by atoms with Gasteiger partial charge >= 0.3 is 5.97 Å². The Kier molecular flexibility index (Phi) is 5.77. The number of rotatable bonds is 2. The second-order valence-electron chi connectivity index (χ2n) is 14.7. The topological polar surface area (TPSA) is 118 Å². The number of aliphatic carboxylic acids is 1.